The number of benzene rings is 1. The van der Waals surface area contributed by atoms with Gasteiger partial charge in [0.1, 0.15) is 0 Å². The highest BCUT2D eigenvalue weighted by Gasteiger charge is 2.24. The van der Waals surface area contributed by atoms with Crippen LogP contribution in [0.3, 0.4) is 0 Å². The van der Waals surface area contributed by atoms with Crippen LogP contribution in [0.4, 0.5) is 5.69 Å². The Kier molecular flexibility index (Phi) is 5.37. The maximum absolute atomic E-state index is 8.85. The molecule has 0 atom stereocenters. The van der Waals surface area contributed by atoms with Gasteiger partial charge in [-0.05, 0) is 37.3 Å². The number of thioether (sulfide) groups is 1. The SMILES string of the molecule is CCC(CC)(CNc1cccc(C#N)c1)SC. The van der Waals surface area contributed by atoms with Crippen molar-refractivity contribution in [1.82, 2.24) is 0 Å². The molecule has 0 unspecified atom stereocenters. The molecule has 17 heavy (non-hydrogen) atoms. The quantitative estimate of drug-likeness (QED) is 0.829. The third kappa shape index (κ3) is 3.67. The minimum Gasteiger partial charge on any atom is -0.384 e. The average molecular weight is 248 g/mol. The van der Waals surface area contributed by atoms with Crippen molar-refractivity contribution in [3.8, 4) is 6.07 Å². The Balaban J connectivity index is 2.69. The zero-order valence-electron chi connectivity index (χ0n) is 10.8. The fourth-order valence-corrected chi connectivity index (χ4v) is 2.62. The fraction of sp³-hybridized carbons (Fsp3) is 0.500. The first kappa shape index (κ1) is 13.9. The molecule has 0 aromatic heterocycles. The predicted octanol–water partition coefficient (Wildman–Crippen LogP) is 3.89. The summed E-state index contributed by atoms with van der Waals surface area (Å²) in [6, 6.07) is 9.81. The van der Waals surface area contributed by atoms with E-state index >= 15 is 0 Å². The molecule has 1 aromatic rings. The zero-order chi connectivity index (χ0) is 12.7. The second-order valence-electron chi connectivity index (χ2n) is 4.14. The molecule has 1 N–H and O–H groups in total. The first-order valence-corrected chi connectivity index (χ1v) is 7.21. The Morgan fingerprint density at radius 1 is 1.35 bits per heavy atom. The van der Waals surface area contributed by atoms with Gasteiger partial charge >= 0.3 is 0 Å². The Morgan fingerprint density at radius 2 is 2.06 bits per heavy atom. The van der Waals surface area contributed by atoms with Gasteiger partial charge in [-0.2, -0.15) is 17.0 Å². The van der Waals surface area contributed by atoms with Gasteiger partial charge in [0.2, 0.25) is 0 Å². The van der Waals surface area contributed by atoms with E-state index in [2.05, 4.69) is 31.5 Å². The molecule has 3 heteroatoms. The third-order valence-electron chi connectivity index (χ3n) is 3.33. The molecule has 0 saturated heterocycles. The predicted molar refractivity (Wildman–Crippen MR) is 76.5 cm³/mol. The fourth-order valence-electron chi connectivity index (χ4n) is 1.82. The van der Waals surface area contributed by atoms with Crippen LogP contribution < -0.4 is 5.32 Å². The number of rotatable bonds is 6. The second kappa shape index (κ2) is 6.56. The molecule has 1 rings (SSSR count). The number of nitrogens with zero attached hydrogens (tertiary/aromatic N) is 1. The van der Waals surface area contributed by atoms with Crippen LogP contribution in [0.25, 0.3) is 0 Å². The summed E-state index contributed by atoms with van der Waals surface area (Å²) in [7, 11) is 0. The lowest BCUT2D eigenvalue weighted by atomic mass is 10.0. The number of hydrogen-bond acceptors (Lipinski definition) is 3. The number of nitrogens with one attached hydrogen (secondary N) is 1. The van der Waals surface area contributed by atoms with Gasteiger partial charge in [-0.25, -0.2) is 0 Å². The van der Waals surface area contributed by atoms with E-state index in [1.54, 1.807) is 0 Å². The summed E-state index contributed by atoms with van der Waals surface area (Å²) in [5.74, 6) is 0. The first-order valence-electron chi connectivity index (χ1n) is 5.99. The van der Waals surface area contributed by atoms with Crippen LogP contribution in [-0.4, -0.2) is 17.5 Å². The van der Waals surface area contributed by atoms with E-state index in [0.29, 0.717) is 10.3 Å². The molecule has 0 spiro atoms. The van der Waals surface area contributed by atoms with Crippen molar-refractivity contribution < 1.29 is 0 Å². The molecule has 0 aliphatic heterocycles. The minimum atomic E-state index is 0.294. The number of nitriles is 1. The van der Waals surface area contributed by atoms with Crippen molar-refractivity contribution in [2.45, 2.75) is 31.4 Å². The van der Waals surface area contributed by atoms with Crippen LogP contribution in [0.2, 0.25) is 0 Å². The van der Waals surface area contributed by atoms with Gasteiger partial charge in [-0.1, -0.05) is 19.9 Å². The molecule has 0 aliphatic rings. The van der Waals surface area contributed by atoms with Crippen LogP contribution in [0.1, 0.15) is 32.3 Å². The average Bonchev–Trinajstić information content (AvgIpc) is 2.41. The largest absolute Gasteiger partial charge is 0.384 e. The molecule has 0 fully saturated rings. The monoisotopic (exact) mass is 248 g/mol. The highest BCUT2D eigenvalue weighted by molar-refractivity contribution is 8.00. The number of anilines is 1. The van der Waals surface area contributed by atoms with Crippen molar-refractivity contribution >= 4 is 17.4 Å². The summed E-state index contributed by atoms with van der Waals surface area (Å²) >= 11 is 1.92. The normalized spacial score (nSPS) is 10.9. The van der Waals surface area contributed by atoms with E-state index in [1.807, 2.05) is 36.0 Å². The summed E-state index contributed by atoms with van der Waals surface area (Å²) in [6.07, 6.45) is 4.46. The van der Waals surface area contributed by atoms with E-state index in [9.17, 15) is 0 Å². The van der Waals surface area contributed by atoms with E-state index in [1.165, 1.54) is 0 Å². The Hall–Kier alpha value is -1.14. The maximum Gasteiger partial charge on any atom is 0.0992 e. The zero-order valence-corrected chi connectivity index (χ0v) is 11.6. The second-order valence-corrected chi connectivity index (χ2v) is 5.41. The van der Waals surface area contributed by atoms with Crippen molar-refractivity contribution in [2.24, 2.45) is 0 Å². The van der Waals surface area contributed by atoms with Gasteiger partial charge in [0.05, 0.1) is 11.6 Å². The van der Waals surface area contributed by atoms with Crippen LogP contribution in [0, 0.1) is 11.3 Å². The molecule has 92 valence electrons. The van der Waals surface area contributed by atoms with Crippen molar-refractivity contribution in [3.63, 3.8) is 0 Å². The molecule has 0 saturated carbocycles. The van der Waals surface area contributed by atoms with E-state index in [-0.39, 0.29) is 0 Å². The lowest BCUT2D eigenvalue weighted by Crippen LogP contribution is -2.31. The van der Waals surface area contributed by atoms with E-state index in [0.717, 1.165) is 25.1 Å². The maximum atomic E-state index is 8.85. The lowest BCUT2D eigenvalue weighted by Gasteiger charge is -2.30. The molecular weight excluding hydrogens is 228 g/mol. The summed E-state index contributed by atoms with van der Waals surface area (Å²) < 4.78 is 0.294. The van der Waals surface area contributed by atoms with Gasteiger partial charge in [0, 0.05) is 17.0 Å². The van der Waals surface area contributed by atoms with Crippen molar-refractivity contribution in [1.29, 1.82) is 5.26 Å². The number of hydrogen-bond donors (Lipinski definition) is 1. The van der Waals surface area contributed by atoms with Crippen LogP contribution in [-0.2, 0) is 0 Å². The molecule has 0 amide bonds. The highest BCUT2D eigenvalue weighted by Crippen LogP contribution is 2.30. The molecular formula is C14H20N2S. The van der Waals surface area contributed by atoms with Gasteiger partial charge in [-0.15, -0.1) is 0 Å². The van der Waals surface area contributed by atoms with E-state index < -0.39 is 0 Å². The van der Waals surface area contributed by atoms with Gasteiger partial charge < -0.3 is 5.32 Å². The Morgan fingerprint density at radius 3 is 2.59 bits per heavy atom. The summed E-state index contributed by atoms with van der Waals surface area (Å²) in [4.78, 5) is 0. The van der Waals surface area contributed by atoms with Gasteiger partial charge in [0.15, 0.2) is 0 Å². The van der Waals surface area contributed by atoms with Crippen molar-refractivity contribution in [3.05, 3.63) is 29.8 Å². The highest BCUT2D eigenvalue weighted by atomic mass is 32.2. The van der Waals surface area contributed by atoms with Crippen molar-refractivity contribution in [2.75, 3.05) is 18.1 Å². The van der Waals surface area contributed by atoms with Crippen LogP contribution in [0.15, 0.2) is 24.3 Å². The van der Waals surface area contributed by atoms with Crippen LogP contribution >= 0.6 is 11.8 Å². The molecule has 0 bridgehead atoms. The van der Waals surface area contributed by atoms with Gasteiger partial charge in [-0.3, -0.25) is 0 Å². The Bertz CT molecular complexity index is 383. The summed E-state index contributed by atoms with van der Waals surface area (Å²) in [6.45, 7) is 5.40. The summed E-state index contributed by atoms with van der Waals surface area (Å²) in [5.41, 5.74) is 1.74. The van der Waals surface area contributed by atoms with Gasteiger partial charge in [0.25, 0.3) is 0 Å². The lowest BCUT2D eigenvalue weighted by molar-refractivity contribution is 0.575. The molecule has 0 aliphatic carbocycles. The van der Waals surface area contributed by atoms with E-state index in [4.69, 9.17) is 5.26 Å². The van der Waals surface area contributed by atoms with Crippen LogP contribution in [0.5, 0.6) is 0 Å². The smallest absolute Gasteiger partial charge is 0.0992 e. The molecule has 0 radical (unpaired) electrons. The molecule has 0 heterocycles. The third-order valence-corrected chi connectivity index (χ3v) is 4.92. The Labute approximate surface area is 108 Å². The standard InChI is InChI=1S/C14H20N2S/c1-4-14(5-2,17-3)11-16-13-8-6-7-12(9-13)10-15/h6-9,16H,4-5,11H2,1-3H3. The summed E-state index contributed by atoms with van der Waals surface area (Å²) in [5, 5.41) is 12.3. The molecule has 2 nitrogen and oxygen atoms in total. The first-order chi connectivity index (χ1) is 8.19. The molecule has 1 aromatic carbocycles. The minimum absolute atomic E-state index is 0.294. The topological polar surface area (TPSA) is 35.8 Å².